The molecule has 3 N–H and O–H groups in total. The van der Waals surface area contributed by atoms with Gasteiger partial charge in [-0.1, -0.05) is 17.7 Å². The third-order valence-electron chi connectivity index (χ3n) is 2.36. The first-order valence-corrected chi connectivity index (χ1v) is 5.22. The summed E-state index contributed by atoms with van der Waals surface area (Å²) in [6.07, 6.45) is 0. The normalized spacial score (nSPS) is 10.5. The van der Waals surface area contributed by atoms with Gasteiger partial charge in [-0.3, -0.25) is 0 Å². The summed E-state index contributed by atoms with van der Waals surface area (Å²) in [5.41, 5.74) is 7.16. The topological polar surface area (TPSA) is 81.1 Å². The maximum Gasteiger partial charge on any atom is 0.356 e. The van der Waals surface area contributed by atoms with Crippen LogP contribution in [0.5, 0.6) is 0 Å². The summed E-state index contributed by atoms with van der Waals surface area (Å²) in [5.74, 6) is -0.865. The van der Waals surface area contributed by atoms with Crippen LogP contribution < -0.4 is 5.73 Å². The molecule has 0 fully saturated rings. The zero-order chi connectivity index (χ0) is 12.6. The molecule has 0 radical (unpaired) electrons. The van der Waals surface area contributed by atoms with Gasteiger partial charge < -0.3 is 10.8 Å². The molecule has 0 bridgehead atoms. The number of anilines is 1. The molecule has 88 valence electrons. The molecule has 0 aliphatic rings. The van der Waals surface area contributed by atoms with Crippen LogP contribution in [-0.4, -0.2) is 20.9 Å². The summed E-state index contributed by atoms with van der Waals surface area (Å²) in [7, 11) is 0. The predicted molar refractivity (Wildman–Crippen MR) is 64.7 cm³/mol. The van der Waals surface area contributed by atoms with Gasteiger partial charge in [-0.15, -0.1) is 0 Å². The van der Waals surface area contributed by atoms with Crippen molar-refractivity contribution in [2.45, 2.75) is 6.92 Å². The summed E-state index contributed by atoms with van der Waals surface area (Å²) >= 11 is 5.99. The van der Waals surface area contributed by atoms with Crippen LogP contribution in [0.4, 0.5) is 5.82 Å². The number of carboxylic acid groups (broad SMARTS) is 1. The third kappa shape index (κ3) is 2.09. The number of carboxylic acids is 1. The first-order chi connectivity index (χ1) is 7.99. The zero-order valence-corrected chi connectivity index (χ0v) is 9.77. The van der Waals surface area contributed by atoms with E-state index in [9.17, 15) is 4.79 Å². The highest BCUT2D eigenvalue weighted by atomic mass is 35.5. The van der Waals surface area contributed by atoms with E-state index >= 15 is 0 Å². The molecule has 0 atom stereocenters. The maximum atomic E-state index is 10.8. The molecule has 6 heteroatoms. The van der Waals surface area contributed by atoms with E-state index in [1.165, 1.54) is 10.7 Å². The van der Waals surface area contributed by atoms with Crippen molar-refractivity contribution in [3.8, 4) is 5.69 Å². The molecule has 0 saturated heterocycles. The van der Waals surface area contributed by atoms with Crippen LogP contribution in [0.1, 0.15) is 16.1 Å². The number of nitrogens with two attached hydrogens (primary N) is 1. The highest BCUT2D eigenvalue weighted by molar-refractivity contribution is 6.31. The summed E-state index contributed by atoms with van der Waals surface area (Å²) < 4.78 is 1.34. The molecular formula is C11H10ClN3O2. The number of aromatic carboxylic acids is 1. The number of halogens is 1. The minimum Gasteiger partial charge on any atom is -0.476 e. The Labute approximate surface area is 102 Å². The molecule has 0 amide bonds. The van der Waals surface area contributed by atoms with Gasteiger partial charge in [-0.25, -0.2) is 9.48 Å². The third-order valence-corrected chi connectivity index (χ3v) is 2.76. The predicted octanol–water partition coefficient (Wildman–Crippen LogP) is 2.11. The minimum atomic E-state index is -1.12. The van der Waals surface area contributed by atoms with Gasteiger partial charge in [0.2, 0.25) is 0 Å². The highest BCUT2D eigenvalue weighted by Crippen LogP contribution is 2.21. The van der Waals surface area contributed by atoms with Crippen LogP contribution in [0.25, 0.3) is 5.69 Å². The lowest BCUT2D eigenvalue weighted by molar-refractivity contribution is 0.0690. The van der Waals surface area contributed by atoms with Crippen molar-refractivity contribution in [2.75, 3.05) is 5.73 Å². The smallest absolute Gasteiger partial charge is 0.356 e. The zero-order valence-electron chi connectivity index (χ0n) is 9.01. The summed E-state index contributed by atoms with van der Waals surface area (Å²) in [6, 6.07) is 6.58. The van der Waals surface area contributed by atoms with Gasteiger partial charge in [0, 0.05) is 11.1 Å². The molecule has 5 nitrogen and oxygen atoms in total. The van der Waals surface area contributed by atoms with Gasteiger partial charge in [-0.05, 0) is 24.6 Å². The quantitative estimate of drug-likeness (QED) is 0.857. The van der Waals surface area contributed by atoms with E-state index in [0.717, 1.165) is 5.56 Å². The van der Waals surface area contributed by atoms with Crippen LogP contribution in [0.2, 0.25) is 5.02 Å². The Hall–Kier alpha value is -2.01. The van der Waals surface area contributed by atoms with Crippen molar-refractivity contribution in [1.82, 2.24) is 9.78 Å². The van der Waals surface area contributed by atoms with Crippen LogP contribution in [0.3, 0.4) is 0 Å². The molecule has 1 heterocycles. The number of benzene rings is 1. The number of aryl methyl sites for hydroxylation is 1. The molecule has 0 aliphatic carbocycles. The molecule has 2 aromatic rings. The first-order valence-electron chi connectivity index (χ1n) is 4.84. The number of rotatable bonds is 2. The summed E-state index contributed by atoms with van der Waals surface area (Å²) in [6.45, 7) is 1.88. The molecule has 1 aromatic heterocycles. The van der Waals surface area contributed by atoms with E-state index in [1.54, 1.807) is 12.1 Å². The van der Waals surface area contributed by atoms with E-state index in [4.69, 9.17) is 22.4 Å². The fraction of sp³-hybridized carbons (Fsp3) is 0.0909. The lowest BCUT2D eigenvalue weighted by Gasteiger charge is -2.05. The highest BCUT2D eigenvalue weighted by Gasteiger charge is 2.12. The summed E-state index contributed by atoms with van der Waals surface area (Å²) in [5, 5.41) is 13.3. The van der Waals surface area contributed by atoms with Gasteiger partial charge in [0.25, 0.3) is 0 Å². The van der Waals surface area contributed by atoms with Gasteiger partial charge in [0.1, 0.15) is 5.82 Å². The van der Waals surface area contributed by atoms with E-state index in [-0.39, 0.29) is 11.5 Å². The van der Waals surface area contributed by atoms with Gasteiger partial charge >= 0.3 is 5.97 Å². The second kappa shape index (κ2) is 4.10. The van der Waals surface area contributed by atoms with E-state index in [1.807, 2.05) is 13.0 Å². The molecule has 0 unspecified atom stereocenters. The Bertz CT molecular complexity index is 592. The van der Waals surface area contributed by atoms with Crippen LogP contribution in [-0.2, 0) is 0 Å². The Morgan fingerprint density at radius 1 is 1.47 bits per heavy atom. The van der Waals surface area contributed by atoms with E-state index in [0.29, 0.717) is 10.7 Å². The maximum absolute atomic E-state index is 10.8. The average molecular weight is 252 g/mol. The van der Waals surface area contributed by atoms with Gasteiger partial charge in [-0.2, -0.15) is 5.10 Å². The van der Waals surface area contributed by atoms with Gasteiger partial charge in [0.05, 0.1) is 5.69 Å². The van der Waals surface area contributed by atoms with Crippen LogP contribution >= 0.6 is 11.6 Å². The van der Waals surface area contributed by atoms with Crippen LogP contribution in [0, 0.1) is 6.92 Å². The van der Waals surface area contributed by atoms with Crippen molar-refractivity contribution in [3.63, 3.8) is 0 Å². The van der Waals surface area contributed by atoms with Crippen LogP contribution in [0.15, 0.2) is 24.3 Å². The van der Waals surface area contributed by atoms with E-state index < -0.39 is 5.97 Å². The Morgan fingerprint density at radius 3 is 2.71 bits per heavy atom. The molecule has 2 rings (SSSR count). The fourth-order valence-corrected chi connectivity index (χ4v) is 1.60. The lowest BCUT2D eigenvalue weighted by atomic mass is 10.2. The number of nitrogens with zero attached hydrogens (tertiary/aromatic N) is 2. The number of nitrogen functional groups attached to an aromatic ring is 1. The van der Waals surface area contributed by atoms with Crippen molar-refractivity contribution in [2.24, 2.45) is 0 Å². The molecule has 0 spiro atoms. The van der Waals surface area contributed by atoms with Crippen molar-refractivity contribution in [1.29, 1.82) is 0 Å². The average Bonchev–Trinajstić information content (AvgIpc) is 2.65. The molecule has 0 saturated carbocycles. The minimum absolute atomic E-state index is 0.0980. The Balaban J connectivity index is 2.52. The standard InChI is InChI=1S/C11H10ClN3O2/c1-6-2-3-7(4-8(6)12)15-10(13)5-9(14-15)11(16)17/h2-5H,13H2,1H3,(H,16,17). The number of hydrogen-bond acceptors (Lipinski definition) is 3. The lowest BCUT2D eigenvalue weighted by Crippen LogP contribution is -2.03. The van der Waals surface area contributed by atoms with E-state index in [2.05, 4.69) is 5.10 Å². The largest absolute Gasteiger partial charge is 0.476 e. The van der Waals surface area contributed by atoms with Crippen molar-refractivity contribution in [3.05, 3.63) is 40.5 Å². The second-order valence-electron chi connectivity index (χ2n) is 3.60. The Morgan fingerprint density at radius 2 is 2.18 bits per heavy atom. The number of hydrogen-bond donors (Lipinski definition) is 2. The second-order valence-corrected chi connectivity index (χ2v) is 4.01. The van der Waals surface area contributed by atoms with Crippen molar-refractivity contribution < 1.29 is 9.90 Å². The summed E-state index contributed by atoms with van der Waals surface area (Å²) in [4.78, 5) is 10.8. The van der Waals surface area contributed by atoms with Gasteiger partial charge in [0.15, 0.2) is 5.69 Å². The number of carbonyl (C=O) groups is 1. The number of aromatic nitrogens is 2. The van der Waals surface area contributed by atoms with Crippen molar-refractivity contribution >= 4 is 23.4 Å². The monoisotopic (exact) mass is 251 g/mol. The fourth-order valence-electron chi connectivity index (χ4n) is 1.42. The SMILES string of the molecule is Cc1ccc(-n2nc(C(=O)O)cc2N)cc1Cl. The molecule has 1 aromatic carbocycles. The molecule has 17 heavy (non-hydrogen) atoms. The first kappa shape index (κ1) is 11.5. The molecular weight excluding hydrogens is 242 g/mol. The molecule has 0 aliphatic heterocycles. The Kier molecular flexibility index (Phi) is 2.77.